The summed E-state index contributed by atoms with van der Waals surface area (Å²) in [4.78, 5) is 22.9. The van der Waals surface area contributed by atoms with Crippen LogP contribution in [0.5, 0.6) is 17.2 Å². The molecule has 0 aliphatic rings. The molecule has 1 heterocycles. The van der Waals surface area contributed by atoms with E-state index in [0.717, 1.165) is 12.8 Å². The largest absolute Gasteiger partial charge is 0.499 e. The highest BCUT2D eigenvalue weighted by Gasteiger charge is 2.17. The Morgan fingerprint density at radius 1 is 1.19 bits per heavy atom. The van der Waals surface area contributed by atoms with E-state index in [9.17, 15) is 14.7 Å². The van der Waals surface area contributed by atoms with Gasteiger partial charge in [-0.3, -0.25) is 4.79 Å². The van der Waals surface area contributed by atoms with Crippen molar-refractivity contribution in [3.05, 3.63) is 51.9 Å². The topological polar surface area (TPSA) is 86.0 Å². The molecule has 1 N–H and O–H groups in total. The summed E-state index contributed by atoms with van der Waals surface area (Å²) in [7, 11) is 0. The highest BCUT2D eigenvalue weighted by Crippen LogP contribution is 2.33. The van der Waals surface area contributed by atoms with E-state index in [-0.39, 0.29) is 11.3 Å². The van der Waals surface area contributed by atoms with Gasteiger partial charge in [-0.15, -0.1) is 0 Å². The zero-order valence-electron chi connectivity index (χ0n) is 16.0. The standard InChI is InChI=1S/C21H24O6/c1-13(2)6-5-7-14(3)10-11-25-16-8-9-17-18(12-16)27-21(24)19(23)20(17)26-15(4)22/h6,8-10,12,23H,5,7,11H2,1-4H3. The molecule has 27 heavy (non-hydrogen) atoms. The molecule has 144 valence electrons. The molecule has 2 aromatic rings. The molecule has 0 atom stereocenters. The van der Waals surface area contributed by atoms with E-state index in [0.29, 0.717) is 17.7 Å². The minimum Gasteiger partial charge on any atom is -0.499 e. The van der Waals surface area contributed by atoms with Crippen molar-refractivity contribution in [2.45, 2.75) is 40.5 Å². The van der Waals surface area contributed by atoms with Crippen LogP contribution in [-0.2, 0) is 4.79 Å². The first-order chi connectivity index (χ1) is 12.8. The van der Waals surface area contributed by atoms with Crippen molar-refractivity contribution in [1.82, 2.24) is 0 Å². The first-order valence-corrected chi connectivity index (χ1v) is 8.68. The Bertz CT molecular complexity index is 945. The molecule has 0 saturated carbocycles. The van der Waals surface area contributed by atoms with Crippen molar-refractivity contribution in [1.29, 1.82) is 0 Å². The molecule has 0 aliphatic carbocycles. The van der Waals surface area contributed by atoms with Crippen molar-refractivity contribution in [2.75, 3.05) is 6.61 Å². The second-order valence-corrected chi connectivity index (χ2v) is 6.50. The number of fused-ring (bicyclic) bond motifs is 1. The number of allylic oxidation sites excluding steroid dienone is 3. The van der Waals surface area contributed by atoms with Crippen molar-refractivity contribution in [2.24, 2.45) is 0 Å². The Hall–Kier alpha value is -3.02. The molecule has 0 bridgehead atoms. The normalized spacial score (nSPS) is 11.3. The Kier molecular flexibility index (Phi) is 6.82. The first-order valence-electron chi connectivity index (χ1n) is 8.68. The number of carbonyl (C=O) groups excluding carboxylic acids is 1. The van der Waals surface area contributed by atoms with E-state index in [2.05, 4.69) is 26.8 Å². The smallest absolute Gasteiger partial charge is 0.382 e. The molecule has 0 aliphatic heterocycles. The fourth-order valence-electron chi connectivity index (χ4n) is 2.45. The van der Waals surface area contributed by atoms with Gasteiger partial charge in [-0.25, -0.2) is 4.79 Å². The van der Waals surface area contributed by atoms with Gasteiger partial charge in [0.15, 0.2) is 5.75 Å². The molecule has 0 saturated heterocycles. The Morgan fingerprint density at radius 3 is 2.59 bits per heavy atom. The summed E-state index contributed by atoms with van der Waals surface area (Å²) in [5.74, 6) is -1.10. The fraction of sp³-hybridized carbons (Fsp3) is 0.333. The maximum Gasteiger partial charge on any atom is 0.382 e. The Labute approximate surface area is 157 Å². The molecule has 0 amide bonds. The number of hydrogen-bond donors (Lipinski definition) is 1. The maximum absolute atomic E-state index is 11.7. The molecule has 0 radical (unpaired) electrons. The van der Waals surface area contributed by atoms with E-state index in [1.54, 1.807) is 12.1 Å². The summed E-state index contributed by atoms with van der Waals surface area (Å²) in [6.07, 6.45) is 6.15. The van der Waals surface area contributed by atoms with E-state index < -0.39 is 17.3 Å². The monoisotopic (exact) mass is 372 g/mol. The summed E-state index contributed by atoms with van der Waals surface area (Å²) >= 11 is 0. The van der Waals surface area contributed by atoms with Crippen LogP contribution >= 0.6 is 0 Å². The average molecular weight is 372 g/mol. The number of ether oxygens (including phenoxy) is 2. The Balaban J connectivity index is 2.15. The van der Waals surface area contributed by atoms with E-state index in [4.69, 9.17) is 13.9 Å². The number of aromatic hydroxyl groups is 1. The number of rotatable bonds is 7. The van der Waals surface area contributed by atoms with Gasteiger partial charge < -0.3 is 19.0 Å². The second-order valence-electron chi connectivity index (χ2n) is 6.50. The van der Waals surface area contributed by atoms with Crippen LogP contribution in [0.1, 0.15) is 40.5 Å². The summed E-state index contributed by atoms with van der Waals surface area (Å²) < 4.78 is 15.7. The van der Waals surface area contributed by atoms with Gasteiger partial charge in [0.05, 0.1) is 5.39 Å². The number of carbonyl (C=O) groups is 1. The van der Waals surface area contributed by atoms with Crippen LogP contribution < -0.4 is 15.1 Å². The highest BCUT2D eigenvalue weighted by molar-refractivity contribution is 5.89. The predicted molar refractivity (Wildman–Crippen MR) is 103 cm³/mol. The van der Waals surface area contributed by atoms with Crippen LogP contribution in [0, 0.1) is 0 Å². The zero-order valence-corrected chi connectivity index (χ0v) is 16.0. The second kappa shape index (κ2) is 9.07. The molecule has 0 fully saturated rings. The van der Waals surface area contributed by atoms with Gasteiger partial charge in [-0.2, -0.15) is 0 Å². The summed E-state index contributed by atoms with van der Waals surface area (Å²) in [5.41, 5.74) is 1.71. The number of esters is 1. The zero-order chi connectivity index (χ0) is 20.0. The van der Waals surface area contributed by atoms with Crippen molar-refractivity contribution in [3.8, 4) is 17.2 Å². The van der Waals surface area contributed by atoms with Gasteiger partial charge in [-0.05, 0) is 51.8 Å². The minimum absolute atomic E-state index is 0.163. The van der Waals surface area contributed by atoms with Gasteiger partial charge in [-0.1, -0.05) is 17.2 Å². The third-order valence-electron chi connectivity index (χ3n) is 3.83. The third kappa shape index (κ3) is 5.74. The van der Waals surface area contributed by atoms with Crippen LogP contribution in [0.4, 0.5) is 0 Å². The van der Waals surface area contributed by atoms with Crippen LogP contribution in [-0.4, -0.2) is 17.7 Å². The number of benzene rings is 1. The average Bonchev–Trinajstić information content (AvgIpc) is 2.58. The van der Waals surface area contributed by atoms with Gasteiger partial charge in [0.25, 0.3) is 0 Å². The molecule has 0 spiro atoms. The van der Waals surface area contributed by atoms with E-state index in [1.807, 2.05) is 6.08 Å². The van der Waals surface area contributed by atoms with E-state index >= 15 is 0 Å². The molecule has 1 aromatic heterocycles. The summed E-state index contributed by atoms with van der Waals surface area (Å²) in [6.45, 7) is 7.77. The fourth-order valence-corrected chi connectivity index (χ4v) is 2.45. The molecular formula is C21H24O6. The maximum atomic E-state index is 11.7. The van der Waals surface area contributed by atoms with Crippen LogP contribution in [0.15, 0.2) is 50.7 Å². The molecule has 6 nitrogen and oxygen atoms in total. The lowest BCUT2D eigenvalue weighted by molar-refractivity contribution is -0.131. The molecule has 0 unspecified atom stereocenters. The summed E-state index contributed by atoms with van der Waals surface area (Å²) in [6, 6.07) is 4.74. The lowest BCUT2D eigenvalue weighted by atomic mass is 10.1. The Morgan fingerprint density at radius 2 is 1.93 bits per heavy atom. The number of hydrogen-bond acceptors (Lipinski definition) is 6. The van der Waals surface area contributed by atoms with Gasteiger partial charge >= 0.3 is 11.6 Å². The SMILES string of the molecule is CC(=O)Oc1c(O)c(=O)oc2cc(OCC=C(C)CCC=C(C)C)ccc12. The molecular weight excluding hydrogens is 348 g/mol. The van der Waals surface area contributed by atoms with Gasteiger partial charge in [0.1, 0.15) is 17.9 Å². The molecule has 1 aromatic carbocycles. The molecule has 6 heteroatoms. The van der Waals surface area contributed by atoms with Crippen LogP contribution in [0.3, 0.4) is 0 Å². The van der Waals surface area contributed by atoms with E-state index in [1.165, 1.54) is 24.1 Å². The van der Waals surface area contributed by atoms with Crippen molar-refractivity contribution in [3.63, 3.8) is 0 Å². The first kappa shape index (κ1) is 20.3. The molecule has 2 rings (SSSR count). The summed E-state index contributed by atoms with van der Waals surface area (Å²) in [5, 5.41) is 10.1. The van der Waals surface area contributed by atoms with Gasteiger partial charge in [0.2, 0.25) is 5.75 Å². The van der Waals surface area contributed by atoms with Crippen LogP contribution in [0.25, 0.3) is 11.0 Å². The lowest BCUT2D eigenvalue weighted by Crippen LogP contribution is -2.07. The highest BCUT2D eigenvalue weighted by atomic mass is 16.5. The third-order valence-corrected chi connectivity index (χ3v) is 3.83. The predicted octanol–water partition coefficient (Wildman–Crippen LogP) is 4.50. The minimum atomic E-state index is -0.981. The van der Waals surface area contributed by atoms with Crippen molar-refractivity contribution < 1.29 is 23.8 Å². The van der Waals surface area contributed by atoms with Gasteiger partial charge in [0, 0.05) is 13.0 Å². The van der Waals surface area contributed by atoms with Crippen molar-refractivity contribution >= 4 is 16.9 Å². The quantitative estimate of drug-likeness (QED) is 0.438. The van der Waals surface area contributed by atoms with Crippen LogP contribution in [0.2, 0.25) is 0 Å². The lowest BCUT2D eigenvalue weighted by Gasteiger charge is -2.09.